The molecule has 2 aromatic carbocycles. The molecule has 1 aromatic heterocycles. The fourth-order valence-corrected chi connectivity index (χ4v) is 4.25. The molecule has 0 aliphatic rings. The molecule has 0 fully saturated rings. The van der Waals surface area contributed by atoms with Crippen molar-refractivity contribution >= 4 is 32.7 Å². The fourth-order valence-electron chi connectivity index (χ4n) is 3.36. The van der Waals surface area contributed by atoms with E-state index in [0.29, 0.717) is 28.8 Å². The summed E-state index contributed by atoms with van der Waals surface area (Å²) in [5.74, 6) is 0.161. The Hall–Kier alpha value is -3.38. The van der Waals surface area contributed by atoms with E-state index in [1.165, 1.54) is 0 Å². The van der Waals surface area contributed by atoms with E-state index in [9.17, 15) is 13.2 Å². The molecule has 0 radical (unpaired) electrons. The van der Waals surface area contributed by atoms with Gasteiger partial charge in [0.1, 0.15) is 12.4 Å². The minimum Gasteiger partial charge on any atom is -0.465 e. The number of sulfonamides is 1. The number of H-pyrrole nitrogens is 1. The van der Waals surface area contributed by atoms with E-state index in [1.807, 2.05) is 12.1 Å². The molecule has 1 heterocycles. The van der Waals surface area contributed by atoms with Gasteiger partial charge in [0.15, 0.2) is 0 Å². The summed E-state index contributed by atoms with van der Waals surface area (Å²) in [5, 5.41) is 8.90. The molecule has 3 rings (SSSR count). The Labute approximate surface area is 181 Å². The third-order valence-electron chi connectivity index (χ3n) is 4.91. The van der Waals surface area contributed by atoms with Crippen molar-refractivity contribution < 1.29 is 17.9 Å². The van der Waals surface area contributed by atoms with Crippen LogP contribution in [0.3, 0.4) is 0 Å². The van der Waals surface area contributed by atoms with Gasteiger partial charge < -0.3 is 9.72 Å². The number of hydrogen-bond donors (Lipinski definition) is 1. The Kier molecular flexibility index (Phi) is 6.61. The highest BCUT2D eigenvalue weighted by molar-refractivity contribution is 7.92. The number of aromatic nitrogens is 2. The lowest BCUT2D eigenvalue weighted by Crippen LogP contribution is -2.36. The van der Waals surface area contributed by atoms with Gasteiger partial charge in [-0.3, -0.25) is 9.10 Å². The first-order valence-corrected chi connectivity index (χ1v) is 11.7. The maximum absolute atomic E-state index is 12.3. The van der Waals surface area contributed by atoms with Gasteiger partial charge in [-0.2, -0.15) is 5.26 Å². The highest BCUT2D eigenvalue weighted by Gasteiger charge is 2.24. The molecule has 0 bridgehead atoms. The van der Waals surface area contributed by atoms with Gasteiger partial charge in [0.25, 0.3) is 0 Å². The second-order valence-corrected chi connectivity index (χ2v) is 9.08. The molecule has 0 atom stereocenters. The van der Waals surface area contributed by atoms with Crippen molar-refractivity contribution in [3.8, 4) is 6.07 Å². The standard InChI is InChI=1S/C22H24N4O4S/c1-4-30-21(27)14-26(31(3,28)29)19-11-10-18-22(15(19)2)25-20(24-18)12-9-16-5-7-17(13-23)8-6-16/h5-8,10-11H,4,9,12,14H2,1-3H3,(H,24,25). The molecule has 0 amide bonds. The molecule has 0 aliphatic heterocycles. The maximum Gasteiger partial charge on any atom is 0.326 e. The summed E-state index contributed by atoms with van der Waals surface area (Å²) in [6.45, 7) is 3.24. The molecule has 0 spiro atoms. The zero-order valence-electron chi connectivity index (χ0n) is 17.7. The number of benzene rings is 2. The first kappa shape index (κ1) is 22.3. The van der Waals surface area contributed by atoms with Gasteiger partial charge in [-0.25, -0.2) is 13.4 Å². The summed E-state index contributed by atoms with van der Waals surface area (Å²) >= 11 is 0. The number of esters is 1. The molecular weight excluding hydrogens is 416 g/mol. The fraction of sp³-hybridized carbons (Fsp3) is 0.318. The third kappa shape index (κ3) is 5.22. The number of carbonyl (C=O) groups excluding carboxylic acids is 1. The molecular formula is C22H24N4O4S. The van der Waals surface area contributed by atoms with Crippen molar-refractivity contribution in [2.75, 3.05) is 23.7 Å². The molecule has 31 heavy (non-hydrogen) atoms. The van der Waals surface area contributed by atoms with E-state index in [1.54, 1.807) is 38.1 Å². The second-order valence-electron chi connectivity index (χ2n) is 7.17. The van der Waals surface area contributed by atoms with Crippen LogP contribution >= 0.6 is 0 Å². The van der Waals surface area contributed by atoms with E-state index in [-0.39, 0.29) is 6.61 Å². The molecule has 0 saturated carbocycles. The number of aryl methyl sites for hydroxylation is 3. The number of aromatic amines is 1. The quantitative estimate of drug-likeness (QED) is 0.539. The van der Waals surface area contributed by atoms with E-state index in [2.05, 4.69) is 16.0 Å². The predicted octanol–water partition coefficient (Wildman–Crippen LogP) is 2.86. The van der Waals surface area contributed by atoms with Crippen LogP contribution in [0, 0.1) is 18.3 Å². The van der Waals surface area contributed by atoms with Crippen molar-refractivity contribution in [2.24, 2.45) is 0 Å². The minimum atomic E-state index is -3.70. The Balaban J connectivity index is 1.87. The molecule has 8 nitrogen and oxygen atoms in total. The zero-order valence-corrected chi connectivity index (χ0v) is 18.5. The van der Waals surface area contributed by atoms with Crippen LogP contribution in [0.4, 0.5) is 5.69 Å². The summed E-state index contributed by atoms with van der Waals surface area (Å²) in [6, 6.07) is 12.9. The lowest BCUT2D eigenvalue weighted by molar-refractivity contribution is -0.141. The lowest BCUT2D eigenvalue weighted by Gasteiger charge is -2.23. The lowest BCUT2D eigenvalue weighted by atomic mass is 10.1. The van der Waals surface area contributed by atoms with Crippen molar-refractivity contribution in [1.29, 1.82) is 5.26 Å². The molecule has 0 unspecified atom stereocenters. The monoisotopic (exact) mass is 440 g/mol. The third-order valence-corrected chi connectivity index (χ3v) is 6.04. The minimum absolute atomic E-state index is 0.177. The number of rotatable bonds is 8. The van der Waals surface area contributed by atoms with Crippen LogP contribution in [0.5, 0.6) is 0 Å². The van der Waals surface area contributed by atoms with Gasteiger partial charge in [0, 0.05) is 12.0 Å². The van der Waals surface area contributed by atoms with E-state index >= 15 is 0 Å². The molecule has 0 aliphatic carbocycles. The van der Waals surface area contributed by atoms with Crippen LogP contribution in [-0.2, 0) is 32.4 Å². The number of nitrogens with zero attached hydrogens (tertiary/aromatic N) is 3. The number of fused-ring (bicyclic) bond motifs is 1. The number of anilines is 1. The van der Waals surface area contributed by atoms with Crippen molar-refractivity contribution in [3.05, 3.63) is 58.9 Å². The van der Waals surface area contributed by atoms with Gasteiger partial charge >= 0.3 is 5.97 Å². The average Bonchev–Trinajstić information content (AvgIpc) is 3.15. The highest BCUT2D eigenvalue weighted by atomic mass is 32.2. The number of nitriles is 1. The average molecular weight is 441 g/mol. The van der Waals surface area contributed by atoms with Crippen LogP contribution in [0.1, 0.15) is 29.4 Å². The first-order valence-electron chi connectivity index (χ1n) is 9.83. The Morgan fingerprint density at radius 1 is 1.19 bits per heavy atom. The van der Waals surface area contributed by atoms with Gasteiger partial charge in [-0.05, 0) is 50.1 Å². The summed E-state index contributed by atoms with van der Waals surface area (Å²) < 4.78 is 30.7. The van der Waals surface area contributed by atoms with E-state index < -0.39 is 22.5 Å². The summed E-state index contributed by atoms with van der Waals surface area (Å²) in [4.78, 5) is 19.9. The molecule has 162 valence electrons. The van der Waals surface area contributed by atoms with Crippen LogP contribution in [0.25, 0.3) is 11.0 Å². The largest absolute Gasteiger partial charge is 0.465 e. The molecule has 0 saturated heterocycles. The predicted molar refractivity (Wildman–Crippen MR) is 118 cm³/mol. The van der Waals surface area contributed by atoms with Gasteiger partial charge in [0.2, 0.25) is 10.0 Å². The molecule has 9 heteroatoms. The SMILES string of the molecule is CCOC(=O)CN(c1ccc2[nH]c(CCc3ccc(C#N)cc3)nc2c1C)S(C)(=O)=O. The Morgan fingerprint density at radius 2 is 1.90 bits per heavy atom. The van der Waals surface area contributed by atoms with Gasteiger partial charge in [0.05, 0.1) is 41.2 Å². The summed E-state index contributed by atoms with van der Waals surface area (Å²) in [6.07, 6.45) is 2.47. The number of carbonyl (C=O) groups is 1. The molecule has 1 N–H and O–H groups in total. The summed E-state index contributed by atoms with van der Waals surface area (Å²) in [7, 11) is -3.70. The maximum atomic E-state index is 12.3. The number of imidazole rings is 1. The van der Waals surface area contributed by atoms with Crippen LogP contribution in [-0.4, -0.2) is 43.8 Å². The summed E-state index contributed by atoms with van der Waals surface area (Å²) in [5.41, 5.74) is 4.22. The van der Waals surface area contributed by atoms with E-state index in [0.717, 1.165) is 33.9 Å². The topological polar surface area (TPSA) is 116 Å². The number of nitrogens with one attached hydrogen (secondary N) is 1. The zero-order chi connectivity index (χ0) is 22.6. The smallest absolute Gasteiger partial charge is 0.326 e. The highest BCUT2D eigenvalue weighted by Crippen LogP contribution is 2.29. The van der Waals surface area contributed by atoms with Crippen molar-refractivity contribution in [3.63, 3.8) is 0 Å². The van der Waals surface area contributed by atoms with E-state index in [4.69, 9.17) is 10.00 Å². The first-order chi connectivity index (χ1) is 14.7. The second kappa shape index (κ2) is 9.18. The van der Waals surface area contributed by atoms with Crippen molar-refractivity contribution in [2.45, 2.75) is 26.7 Å². The van der Waals surface area contributed by atoms with Crippen molar-refractivity contribution in [1.82, 2.24) is 9.97 Å². The van der Waals surface area contributed by atoms with Gasteiger partial charge in [-0.1, -0.05) is 12.1 Å². The number of hydrogen-bond acceptors (Lipinski definition) is 6. The van der Waals surface area contributed by atoms with Crippen LogP contribution < -0.4 is 4.31 Å². The molecule has 3 aromatic rings. The van der Waals surface area contributed by atoms with Gasteiger partial charge in [-0.15, -0.1) is 0 Å². The normalized spacial score (nSPS) is 11.3. The Bertz CT molecular complexity index is 1240. The van der Waals surface area contributed by atoms with Crippen LogP contribution in [0.2, 0.25) is 0 Å². The Morgan fingerprint density at radius 3 is 2.52 bits per heavy atom. The van der Waals surface area contributed by atoms with Crippen LogP contribution in [0.15, 0.2) is 36.4 Å². The number of ether oxygens (including phenoxy) is 1.